The number of imidazole rings is 1. The molecule has 0 unspecified atom stereocenters. The minimum absolute atomic E-state index is 0.0150. The van der Waals surface area contributed by atoms with Gasteiger partial charge in [-0.05, 0) is 66.5 Å². The first-order valence-corrected chi connectivity index (χ1v) is 10.2. The van der Waals surface area contributed by atoms with Crippen LogP contribution in [-0.4, -0.2) is 15.5 Å². The van der Waals surface area contributed by atoms with Gasteiger partial charge in [-0.2, -0.15) is 0 Å². The van der Waals surface area contributed by atoms with Gasteiger partial charge in [0.05, 0.1) is 12.4 Å². The van der Waals surface area contributed by atoms with E-state index in [-0.39, 0.29) is 11.9 Å². The number of amides is 1. The molecule has 0 saturated carbocycles. The Bertz CT molecular complexity index is 929. The highest BCUT2D eigenvalue weighted by Crippen LogP contribution is 2.26. The fraction of sp³-hybridized carbons (Fsp3) is 0.333. The topological polar surface area (TPSA) is 46.9 Å². The molecule has 1 N–H and O–H groups in total. The van der Waals surface area contributed by atoms with Gasteiger partial charge >= 0.3 is 0 Å². The predicted octanol–water partition coefficient (Wildman–Crippen LogP) is 4.69. The first kappa shape index (κ1) is 18.5. The van der Waals surface area contributed by atoms with Crippen molar-refractivity contribution in [3.8, 4) is 0 Å². The van der Waals surface area contributed by atoms with Crippen LogP contribution in [0.2, 0.25) is 0 Å². The summed E-state index contributed by atoms with van der Waals surface area (Å²) in [6.45, 7) is 2.88. The van der Waals surface area contributed by atoms with Gasteiger partial charge in [0.15, 0.2) is 0 Å². The van der Waals surface area contributed by atoms with Gasteiger partial charge in [0.25, 0.3) is 5.91 Å². The standard InChI is InChI=1S/C24H27N3O/c1-2-23(22-12-11-19-5-3-4-6-21(19)15-22)26-24(28)20-9-7-18(8-10-20)16-27-14-13-25-17-27/h7-15,17,23H,2-6,16H2,1H3,(H,26,28)/t23-/m0/s1. The van der Waals surface area contributed by atoms with Crippen molar-refractivity contribution in [2.24, 2.45) is 0 Å². The highest BCUT2D eigenvalue weighted by Gasteiger charge is 2.17. The maximum Gasteiger partial charge on any atom is 0.251 e. The molecule has 0 bridgehead atoms. The van der Waals surface area contributed by atoms with Gasteiger partial charge in [0.2, 0.25) is 0 Å². The number of benzene rings is 2. The molecule has 1 amide bonds. The molecule has 0 fully saturated rings. The van der Waals surface area contributed by atoms with E-state index in [0.29, 0.717) is 5.56 Å². The molecular weight excluding hydrogens is 346 g/mol. The molecule has 28 heavy (non-hydrogen) atoms. The molecule has 1 heterocycles. The van der Waals surface area contributed by atoms with E-state index in [9.17, 15) is 4.79 Å². The third-order valence-electron chi connectivity index (χ3n) is 5.63. The van der Waals surface area contributed by atoms with E-state index in [1.54, 1.807) is 12.5 Å². The lowest BCUT2D eigenvalue weighted by molar-refractivity contribution is 0.0935. The Hall–Kier alpha value is -2.88. The van der Waals surface area contributed by atoms with Gasteiger partial charge in [-0.15, -0.1) is 0 Å². The zero-order valence-electron chi connectivity index (χ0n) is 16.4. The quantitative estimate of drug-likeness (QED) is 0.681. The summed E-state index contributed by atoms with van der Waals surface area (Å²) in [5, 5.41) is 3.22. The van der Waals surface area contributed by atoms with Gasteiger partial charge in [-0.1, -0.05) is 37.3 Å². The largest absolute Gasteiger partial charge is 0.345 e. The number of hydrogen-bond acceptors (Lipinski definition) is 2. The van der Waals surface area contributed by atoms with Gasteiger partial charge in [0, 0.05) is 24.5 Å². The second-order valence-corrected chi connectivity index (χ2v) is 7.60. The summed E-state index contributed by atoms with van der Waals surface area (Å²) >= 11 is 0. The summed E-state index contributed by atoms with van der Waals surface area (Å²) in [6.07, 6.45) is 11.3. The van der Waals surface area contributed by atoms with E-state index < -0.39 is 0 Å². The lowest BCUT2D eigenvalue weighted by Crippen LogP contribution is -2.28. The number of hydrogen-bond donors (Lipinski definition) is 1. The zero-order valence-corrected chi connectivity index (χ0v) is 16.4. The summed E-state index contributed by atoms with van der Waals surface area (Å²) in [5.41, 5.74) is 6.00. The molecule has 1 aromatic heterocycles. The molecule has 144 valence electrons. The molecule has 4 heteroatoms. The first-order valence-electron chi connectivity index (χ1n) is 10.2. The summed E-state index contributed by atoms with van der Waals surface area (Å²) in [7, 11) is 0. The second kappa shape index (κ2) is 8.42. The minimum Gasteiger partial charge on any atom is -0.345 e. The molecule has 4 rings (SSSR count). The molecule has 0 saturated heterocycles. The van der Waals surface area contributed by atoms with Crippen LogP contribution in [0.3, 0.4) is 0 Å². The predicted molar refractivity (Wildman–Crippen MR) is 111 cm³/mol. The van der Waals surface area contributed by atoms with Crippen LogP contribution in [0.15, 0.2) is 61.2 Å². The molecule has 3 aromatic rings. The monoisotopic (exact) mass is 373 g/mol. The molecule has 2 aromatic carbocycles. The number of nitrogens with one attached hydrogen (secondary N) is 1. The van der Waals surface area contributed by atoms with Gasteiger partial charge in [-0.25, -0.2) is 4.98 Å². The molecule has 0 spiro atoms. The van der Waals surface area contributed by atoms with Crippen molar-refractivity contribution < 1.29 is 4.79 Å². The summed E-state index contributed by atoms with van der Waals surface area (Å²) in [6, 6.07) is 14.6. The maximum atomic E-state index is 12.8. The van der Waals surface area contributed by atoms with E-state index in [0.717, 1.165) is 24.9 Å². The molecule has 1 aliphatic rings. The molecule has 4 nitrogen and oxygen atoms in total. The Balaban J connectivity index is 1.44. The van der Waals surface area contributed by atoms with Crippen molar-refractivity contribution in [2.75, 3.05) is 0 Å². The highest BCUT2D eigenvalue weighted by atomic mass is 16.1. The third kappa shape index (κ3) is 4.16. The Morgan fingerprint density at radius 3 is 2.61 bits per heavy atom. The smallest absolute Gasteiger partial charge is 0.251 e. The number of carbonyl (C=O) groups is 1. The van der Waals surface area contributed by atoms with E-state index in [1.807, 2.05) is 35.0 Å². The van der Waals surface area contributed by atoms with Gasteiger partial charge in [0.1, 0.15) is 0 Å². The highest BCUT2D eigenvalue weighted by molar-refractivity contribution is 5.94. The lowest BCUT2D eigenvalue weighted by Gasteiger charge is -2.22. The van der Waals surface area contributed by atoms with Crippen LogP contribution in [0.5, 0.6) is 0 Å². The van der Waals surface area contributed by atoms with Crippen LogP contribution in [0.25, 0.3) is 0 Å². The van der Waals surface area contributed by atoms with Crippen molar-refractivity contribution >= 4 is 5.91 Å². The molecular formula is C24H27N3O. The number of fused-ring (bicyclic) bond motifs is 1. The van der Waals surface area contributed by atoms with Crippen LogP contribution in [0.4, 0.5) is 0 Å². The number of rotatable bonds is 6. The number of aromatic nitrogens is 2. The second-order valence-electron chi connectivity index (χ2n) is 7.60. The lowest BCUT2D eigenvalue weighted by atomic mass is 9.88. The molecule has 0 aliphatic heterocycles. The van der Waals surface area contributed by atoms with Crippen molar-refractivity contribution in [3.63, 3.8) is 0 Å². The molecule has 1 atom stereocenters. The SMILES string of the molecule is CC[C@H](NC(=O)c1ccc(Cn2ccnc2)cc1)c1ccc2c(c1)CCCC2. The van der Waals surface area contributed by atoms with Crippen molar-refractivity contribution in [1.29, 1.82) is 0 Å². The van der Waals surface area contributed by atoms with Crippen LogP contribution in [0, 0.1) is 0 Å². The average molecular weight is 374 g/mol. The third-order valence-corrected chi connectivity index (χ3v) is 5.63. The first-order chi connectivity index (χ1) is 13.7. The van der Waals surface area contributed by atoms with E-state index in [2.05, 4.69) is 35.4 Å². The Morgan fingerprint density at radius 2 is 1.89 bits per heavy atom. The van der Waals surface area contributed by atoms with Gasteiger partial charge < -0.3 is 9.88 Å². The van der Waals surface area contributed by atoms with Crippen molar-refractivity contribution in [1.82, 2.24) is 14.9 Å². The van der Waals surface area contributed by atoms with Crippen molar-refractivity contribution in [3.05, 3.63) is 89.0 Å². The average Bonchev–Trinajstić information content (AvgIpc) is 3.25. The summed E-state index contributed by atoms with van der Waals surface area (Å²) < 4.78 is 2.01. The summed E-state index contributed by atoms with van der Waals surface area (Å²) in [4.78, 5) is 16.8. The Labute approximate surface area is 166 Å². The van der Waals surface area contributed by atoms with Crippen LogP contribution in [-0.2, 0) is 19.4 Å². The fourth-order valence-electron chi connectivity index (χ4n) is 3.99. The van der Waals surface area contributed by atoms with Crippen LogP contribution >= 0.6 is 0 Å². The van der Waals surface area contributed by atoms with E-state index >= 15 is 0 Å². The zero-order chi connectivity index (χ0) is 19.3. The van der Waals surface area contributed by atoms with E-state index in [1.165, 1.54) is 36.0 Å². The Morgan fingerprint density at radius 1 is 1.11 bits per heavy atom. The summed E-state index contributed by atoms with van der Waals surface area (Å²) in [5.74, 6) is -0.0150. The molecule has 0 radical (unpaired) electrons. The maximum absolute atomic E-state index is 12.8. The van der Waals surface area contributed by atoms with Crippen LogP contribution < -0.4 is 5.32 Å². The van der Waals surface area contributed by atoms with E-state index in [4.69, 9.17) is 0 Å². The number of nitrogens with zero attached hydrogens (tertiary/aromatic N) is 2. The van der Waals surface area contributed by atoms with Crippen molar-refractivity contribution in [2.45, 2.75) is 51.6 Å². The normalized spacial score (nSPS) is 14.3. The molecule has 1 aliphatic carbocycles. The Kier molecular flexibility index (Phi) is 5.56. The minimum atomic E-state index is -0.0150. The fourth-order valence-corrected chi connectivity index (χ4v) is 3.99. The van der Waals surface area contributed by atoms with Gasteiger partial charge in [-0.3, -0.25) is 4.79 Å². The number of aryl methyl sites for hydroxylation is 2. The van der Waals surface area contributed by atoms with Crippen LogP contribution in [0.1, 0.15) is 64.8 Å². The number of carbonyl (C=O) groups excluding carboxylic acids is 1.